The molecule has 112 valence electrons. The molecule has 0 spiro atoms. The molecule has 1 atom stereocenters. The smallest absolute Gasteiger partial charge is 0.324 e. The molecule has 0 aliphatic heterocycles. The fourth-order valence-electron chi connectivity index (χ4n) is 1.99. The Morgan fingerprint density at radius 2 is 1.67 bits per heavy atom. The Balaban J connectivity index is 2.14. The number of rotatable bonds is 3. The predicted molar refractivity (Wildman–Crippen MR) is 76.2 cm³/mol. The Labute approximate surface area is 127 Å². The SMILES string of the molecule is NC(Cc1ccc(C(F)(F)F)cc1)c1cc(F)cc(Br)c1. The minimum Gasteiger partial charge on any atom is -0.324 e. The van der Waals surface area contributed by atoms with Gasteiger partial charge in [0.15, 0.2) is 0 Å². The summed E-state index contributed by atoms with van der Waals surface area (Å²) in [6.07, 6.45) is -4.03. The predicted octanol–water partition coefficient (Wildman–Crippen LogP) is 4.85. The van der Waals surface area contributed by atoms with Gasteiger partial charge in [-0.05, 0) is 47.9 Å². The van der Waals surface area contributed by atoms with E-state index in [0.717, 1.165) is 12.1 Å². The van der Waals surface area contributed by atoms with Crippen LogP contribution in [0.3, 0.4) is 0 Å². The van der Waals surface area contributed by atoms with E-state index in [4.69, 9.17) is 5.73 Å². The van der Waals surface area contributed by atoms with Crippen LogP contribution in [0.2, 0.25) is 0 Å². The van der Waals surface area contributed by atoms with Gasteiger partial charge < -0.3 is 5.73 Å². The van der Waals surface area contributed by atoms with Crippen LogP contribution in [0, 0.1) is 5.82 Å². The Hall–Kier alpha value is -1.40. The molecule has 2 rings (SSSR count). The third-order valence-electron chi connectivity index (χ3n) is 3.05. The molecule has 2 aromatic carbocycles. The molecular weight excluding hydrogens is 350 g/mol. The summed E-state index contributed by atoms with van der Waals surface area (Å²) in [5, 5.41) is 0. The highest BCUT2D eigenvalue weighted by molar-refractivity contribution is 9.10. The van der Waals surface area contributed by atoms with Gasteiger partial charge in [0.1, 0.15) is 5.82 Å². The van der Waals surface area contributed by atoms with Crippen molar-refractivity contribution in [3.05, 3.63) is 69.4 Å². The largest absolute Gasteiger partial charge is 0.416 e. The fourth-order valence-corrected chi connectivity index (χ4v) is 2.47. The summed E-state index contributed by atoms with van der Waals surface area (Å²) in [5.74, 6) is -0.415. The van der Waals surface area contributed by atoms with Crippen molar-refractivity contribution in [1.82, 2.24) is 0 Å². The van der Waals surface area contributed by atoms with Gasteiger partial charge in [0, 0.05) is 10.5 Å². The maximum absolute atomic E-state index is 13.3. The van der Waals surface area contributed by atoms with E-state index in [0.29, 0.717) is 22.0 Å². The standard InChI is InChI=1S/C15H12BrF4N/c16-12-6-10(7-13(17)8-12)14(21)5-9-1-3-11(4-2-9)15(18,19)20/h1-4,6-8,14H,5,21H2. The van der Waals surface area contributed by atoms with Gasteiger partial charge in [0.2, 0.25) is 0 Å². The van der Waals surface area contributed by atoms with Crippen molar-refractivity contribution in [3.63, 3.8) is 0 Å². The second-order valence-corrected chi connectivity index (χ2v) is 5.62. The van der Waals surface area contributed by atoms with E-state index in [-0.39, 0.29) is 0 Å². The minimum absolute atomic E-state index is 0.327. The van der Waals surface area contributed by atoms with E-state index in [1.165, 1.54) is 24.3 Å². The van der Waals surface area contributed by atoms with Gasteiger partial charge in [-0.2, -0.15) is 13.2 Å². The molecule has 0 radical (unpaired) electrons. The molecule has 0 aliphatic carbocycles. The van der Waals surface area contributed by atoms with Gasteiger partial charge in [0.05, 0.1) is 5.56 Å². The Morgan fingerprint density at radius 1 is 1.05 bits per heavy atom. The molecule has 2 N–H and O–H groups in total. The van der Waals surface area contributed by atoms with Crippen molar-refractivity contribution in [1.29, 1.82) is 0 Å². The van der Waals surface area contributed by atoms with Gasteiger partial charge in [-0.25, -0.2) is 4.39 Å². The van der Waals surface area contributed by atoms with Crippen molar-refractivity contribution in [2.75, 3.05) is 0 Å². The fraction of sp³-hybridized carbons (Fsp3) is 0.200. The normalized spacial score (nSPS) is 13.2. The first kappa shape index (κ1) is 16.0. The summed E-state index contributed by atoms with van der Waals surface area (Å²) < 4.78 is 51.3. The molecular formula is C15H12BrF4N. The van der Waals surface area contributed by atoms with Crippen LogP contribution in [0.1, 0.15) is 22.7 Å². The van der Waals surface area contributed by atoms with Crippen LogP contribution in [-0.2, 0) is 12.6 Å². The molecule has 1 unspecified atom stereocenters. The molecule has 0 saturated carbocycles. The van der Waals surface area contributed by atoms with Crippen molar-refractivity contribution in [2.45, 2.75) is 18.6 Å². The Kier molecular flexibility index (Phi) is 4.68. The molecule has 1 nitrogen and oxygen atoms in total. The quantitative estimate of drug-likeness (QED) is 0.777. The van der Waals surface area contributed by atoms with E-state index in [1.54, 1.807) is 6.07 Å². The highest BCUT2D eigenvalue weighted by atomic mass is 79.9. The zero-order valence-corrected chi connectivity index (χ0v) is 12.4. The maximum atomic E-state index is 13.3. The van der Waals surface area contributed by atoms with Crippen LogP contribution < -0.4 is 5.73 Å². The lowest BCUT2D eigenvalue weighted by Gasteiger charge is -2.14. The minimum atomic E-state index is -4.35. The van der Waals surface area contributed by atoms with Crippen LogP contribution in [-0.4, -0.2) is 0 Å². The summed E-state index contributed by atoms with van der Waals surface area (Å²) >= 11 is 3.18. The van der Waals surface area contributed by atoms with Crippen LogP contribution in [0.5, 0.6) is 0 Å². The number of alkyl halides is 3. The first-order chi connectivity index (χ1) is 9.75. The molecule has 0 aromatic heterocycles. The second-order valence-electron chi connectivity index (χ2n) is 4.71. The lowest BCUT2D eigenvalue weighted by molar-refractivity contribution is -0.137. The average molecular weight is 362 g/mol. The molecule has 0 bridgehead atoms. The van der Waals surface area contributed by atoms with Gasteiger partial charge in [0.25, 0.3) is 0 Å². The summed E-state index contributed by atoms with van der Waals surface area (Å²) in [6.45, 7) is 0. The Morgan fingerprint density at radius 3 is 2.19 bits per heavy atom. The highest BCUT2D eigenvalue weighted by Crippen LogP contribution is 2.29. The van der Waals surface area contributed by atoms with Gasteiger partial charge in [-0.3, -0.25) is 0 Å². The van der Waals surface area contributed by atoms with E-state index >= 15 is 0 Å². The lowest BCUT2D eigenvalue weighted by Crippen LogP contribution is -2.14. The third-order valence-corrected chi connectivity index (χ3v) is 3.51. The number of benzene rings is 2. The number of hydrogen-bond acceptors (Lipinski definition) is 1. The van der Waals surface area contributed by atoms with E-state index in [2.05, 4.69) is 15.9 Å². The van der Waals surface area contributed by atoms with Crippen LogP contribution in [0.4, 0.5) is 17.6 Å². The number of hydrogen-bond donors (Lipinski definition) is 1. The number of halogens is 5. The summed E-state index contributed by atoms with van der Waals surface area (Å²) in [6, 6.07) is 8.64. The molecule has 0 saturated heterocycles. The molecule has 0 heterocycles. The third kappa shape index (κ3) is 4.28. The summed E-state index contributed by atoms with van der Waals surface area (Å²) in [4.78, 5) is 0. The molecule has 6 heteroatoms. The molecule has 0 amide bonds. The monoisotopic (exact) mass is 361 g/mol. The average Bonchev–Trinajstić information content (AvgIpc) is 2.37. The topological polar surface area (TPSA) is 26.0 Å². The molecule has 0 aliphatic rings. The summed E-state index contributed by atoms with van der Waals surface area (Å²) in [7, 11) is 0. The van der Waals surface area contributed by atoms with Crippen molar-refractivity contribution >= 4 is 15.9 Å². The van der Waals surface area contributed by atoms with Crippen molar-refractivity contribution in [2.24, 2.45) is 5.73 Å². The first-order valence-electron chi connectivity index (χ1n) is 6.13. The van der Waals surface area contributed by atoms with E-state index < -0.39 is 23.6 Å². The van der Waals surface area contributed by atoms with Crippen molar-refractivity contribution < 1.29 is 17.6 Å². The number of nitrogens with two attached hydrogens (primary N) is 1. The zero-order chi connectivity index (χ0) is 15.6. The maximum Gasteiger partial charge on any atom is 0.416 e. The highest BCUT2D eigenvalue weighted by Gasteiger charge is 2.29. The van der Waals surface area contributed by atoms with Crippen LogP contribution in [0.25, 0.3) is 0 Å². The van der Waals surface area contributed by atoms with Crippen molar-refractivity contribution in [3.8, 4) is 0 Å². The molecule has 0 fully saturated rings. The van der Waals surface area contributed by atoms with Gasteiger partial charge in [-0.15, -0.1) is 0 Å². The lowest BCUT2D eigenvalue weighted by atomic mass is 9.99. The van der Waals surface area contributed by atoms with Crippen LogP contribution >= 0.6 is 15.9 Å². The zero-order valence-electron chi connectivity index (χ0n) is 10.8. The molecule has 21 heavy (non-hydrogen) atoms. The summed E-state index contributed by atoms with van der Waals surface area (Å²) in [5.41, 5.74) is 6.53. The second kappa shape index (κ2) is 6.15. The first-order valence-corrected chi connectivity index (χ1v) is 6.93. The Bertz CT molecular complexity index is 602. The van der Waals surface area contributed by atoms with E-state index in [1.807, 2.05) is 0 Å². The molecule has 2 aromatic rings. The van der Waals surface area contributed by atoms with E-state index in [9.17, 15) is 17.6 Å². The van der Waals surface area contributed by atoms with Gasteiger partial charge in [-0.1, -0.05) is 28.1 Å². The van der Waals surface area contributed by atoms with Gasteiger partial charge >= 0.3 is 6.18 Å². The van der Waals surface area contributed by atoms with Crippen LogP contribution in [0.15, 0.2) is 46.9 Å².